The average molecular weight is 303 g/mol. The number of rotatable bonds is 1. The van der Waals surface area contributed by atoms with E-state index in [2.05, 4.69) is 37.9 Å². The maximum atomic E-state index is 6.33. The number of ether oxygens (including phenoxy) is 1. The Morgan fingerprint density at radius 2 is 1.95 bits per heavy atom. The third kappa shape index (κ3) is 2.51. The third-order valence-corrected chi connectivity index (χ3v) is 4.09. The van der Waals surface area contributed by atoms with Gasteiger partial charge in [-0.25, -0.2) is 9.97 Å². The Morgan fingerprint density at radius 1 is 1.19 bits per heavy atom. The Balaban J connectivity index is 2.24. The number of aromatic nitrogens is 2. The van der Waals surface area contributed by atoms with Gasteiger partial charge in [0.15, 0.2) is 0 Å². The van der Waals surface area contributed by atoms with Crippen molar-refractivity contribution in [3.05, 3.63) is 40.3 Å². The zero-order chi connectivity index (χ0) is 15.2. The minimum Gasteiger partial charge on any atom is -0.492 e. The van der Waals surface area contributed by atoms with Crippen molar-refractivity contribution in [3.63, 3.8) is 0 Å². The van der Waals surface area contributed by atoms with Gasteiger partial charge in [-0.3, -0.25) is 0 Å². The van der Waals surface area contributed by atoms with Crippen LogP contribution in [0.5, 0.6) is 5.75 Å². The van der Waals surface area contributed by atoms with Crippen LogP contribution in [0.3, 0.4) is 0 Å². The molecule has 110 valence electrons. The second-order valence-corrected chi connectivity index (χ2v) is 6.81. The number of hydrogen-bond donors (Lipinski definition) is 0. The lowest BCUT2D eigenvalue weighted by molar-refractivity contribution is 0.358. The Bertz CT molecular complexity index is 705. The summed E-state index contributed by atoms with van der Waals surface area (Å²) in [5.41, 5.74) is 3.87. The summed E-state index contributed by atoms with van der Waals surface area (Å²) in [6.07, 6.45) is 0.952. The molecular formula is C17H19ClN2O. The lowest BCUT2D eigenvalue weighted by atomic mass is 9.94. The summed E-state index contributed by atoms with van der Waals surface area (Å²) >= 11 is 6.33. The van der Waals surface area contributed by atoms with Crippen molar-refractivity contribution in [1.29, 1.82) is 0 Å². The standard InChI is InChI=1S/C17H19ClN2O/c1-10-13(19-16(17(2,3)4)20-15(10)18)12-7-5-6-11-8-9-21-14(11)12/h5-7H,8-9H2,1-4H3. The molecule has 0 spiro atoms. The number of fused-ring (bicyclic) bond motifs is 1. The van der Waals surface area contributed by atoms with E-state index in [9.17, 15) is 0 Å². The Labute approximate surface area is 130 Å². The number of para-hydroxylation sites is 1. The summed E-state index contributed by atoms with van der Waals surface area (Å²) in [7, 11) is 0. The van der Waals surface area contributed by atoms with E-state index in [4.69, 9.17) is 21.3 Å². The van der Waals surface area contributed by atoms with E-state index in [1.165, 1.54) is 5.56 Å². The maximum absolute atomic E-state index is 6.33. The summed E-state index contributed by atoms with van der Waals surface area (Å²) < 4.78 is 5.80. The minimum absolute atomic E-state index is 0.148. The van der Waals surface area contributed by atoms with Crippen molar-refractivity contribution in [2.24, 2.45) is 0 Å². The van der Waals surface area contributed by atoms with Crippen LogP contribution in [0.1, 0.15) is 37.7 Å². The molecule has 0 saturated heterocycles. The third-order valence-electron chi connectivity index (χ3n) is 3.73. The van der Waals surface area contributed by atoms with Crippen molar-refractivity contribution in [2.45, 2.75) is 39.5 Å². The molecule has 0 unspecified atom stereocenters. The van der Waals surface area contributed by atoms with E-state index in [1.807, 2.05) is 13.0 Å². The number of hydrogen-bond acceptors (Lipinski definition) is 3. The molecule has 0 fully saturated rings. The van der Waals surface area contributed by atoms with E-state index in [1.54, 1.807) is 0 Å². The molecule has 0 amide bonds. The first-order chi connectivity index (χ1) is 9.88. The van der Waals surface area contributed by atoms with Gasteiger partial charge in [-0.05, 0) is 18.6 Å². The monoisotopic (exact) mass is 302 g/mol. The van der Waals surface area contributed by atoms with Crippen molar-refractivity contribution in [2.75, 3.05) is 6.61 Å². The van der Waals surface area contributed by atoms with E-state index in [-0.39, 0.29) is 5.41 Å². The molecule has 2 aromatic rings. The molecule has 4 heteroatoms. The summed E-state index contributed by atoms with van der Waals surface area (Å²) in [6, 6.07) is 6.20. The fraction of sp³-hybridized carbons (Fsp3) is 0.412. The molecule has 0 N–H and O–H groups in total. The average Bonchev–Trinajstić information content (AvgIpc) is 2.88. The van der Waals surface area contributed by atoms with Crippen molar-refractivity contribution < 1.29 is 4.74 Å². The van der Waals surface area contributed by atoms with Gasteiger partial charge in [0.1, 0.15) is 16.7 Å². The van der Waals surface area contributed by atoms with Crippen LogP contribution >= 0.6 is 11.6 Å². The Kier molecular flexibility index (Phi) is 3.40. The fourth-order valence-corrected chi connectivity index (χ4v) is 2.66. The van der Waals surface area contributed by atoms with E-state index in [0.717, 1.165) is 41.4 Å². The second-order valence-electron chi connectivity index (χ2n) is 6.45. The van der Waals surface area contributed by atoms with Crippen molar-refractivity contribution in [3.8, 4) is 17.0 Å². The molecular weight excluding hydrogens is 284 g/mol. The number of benzene rings is 1. The molecule has 0 saturated carbocycles. The van der Waals surface area contributed by atoms with Gasteiger partial charge in [0.2, 0.25) is 0 Å². The summed E-state index contributed by atoms with van der Waals surface area (Å²) in [5, 5.41) is 0.514. The highest BCUT2D eigenvalue weighted by molar-refractivity contribution is 6.30. The van der Waals surface area contributed by atoms with Crippen LogP contribution in [0.4, 0.5) is 0 Å². The first-order valence-electron chi connectivity index (χ1n) is 7.17. The topological polar surface area (TPSA) is 35.0 Å². The first-order valence-corrected chi connectivity index (χ1v) is 7.55. The first kappa shape index (κ1) is 14.3. The highest BCUT2D eigenvalue weighted by Crippen LogP contribution is 2.39. The molecule has 21 heavy (non-hydrogen) atoms. The summed E-state index contributed by atoms with van der Waals surface area (Å²) in [6.45, 7) is 8.95. The normalized spacial score (nSPS) is 14.0. The number of nitrogens with zero attached hydrogens (tertiary/aromatic N) is 2. The zero-order valence-electron chi connectivity index (χ0n) is 12.8. The van der Waals surface area contributed by atoms with Gasteiger partial charge in [0.25, 0.3) is 0 Å². The van der Waals surface area contributed by atoms with Gasteiger partial charge < -0.3 is 4.74 Å². The molecule has 3 rings (SSSR count). The van der Waals surface area contributed by atoms with Crippen LogP contribution in [-0.4, -0.2) is 16.6 Å². The maximum Gasteiger partial charge on any atom is 0.136 e. The van der Waals surface area contributed by atoms with Crippen LogP contribution < -0.4 is 4.74 Å². The zero-order valence-corrected chi connectivity index (χ0v) is 13.6. The van der Waals surface area contributed by atoms with Crippen LogP contribution in [0.25, 0.3) is 11.3 Å². The smallest absolute Gasteiger partial charge is 0.136 e. The van der Waals surface area contributed by atoms with Crippen LogP contribution in [-0.2, 0) is 11.8 Å². The SMILES string of the molecule is Cc1c(Cl)nc(C(C)(C)C)nc1-c1cccc2c1OCC2. The van der Waals surface area contributed by atoms with Gasteiger partial charge in [0, 0.05) is 23.0 Å². The quantitative estimate of drug-likeness (QED) is 0.735. The van der Waals surface area contributed by atoms with E-state index in [0.29, 0.717) is 5.15 Å². The van der Waals surface area contributed by atoms with Gasteiger partial charge in [-0.1, -0.05) is 44.5 Å². The molecule has 2 heterocycles. The molecule has 1 aromatic heterocycles. The molecule has 0 radical (unpaired) electrons. The van der Waals surface area contributed by atoms with Gasteiger partial charge >= 0.3 is 0 Å². The highest BCUT2D eigenvalue weighted by Gasteiger charge is 2.24. The minimum atomic E-state index is -0.148. The predicted molar refractivity (Wildman–Crippen MR) is 85.1 cm³/mol. The Morgan fingerprint density at radius 3 is 2.67 bits per heavy atom. The second kappa shape index (κ2) is 4.99. The lowest BCUT2D eigenvalue weighted by Crippen LogP contribution is -2.17. The molecule has 0 aliphatic carbocycles. The summed E-state index contributed by atoms with van der Waals surface area (Å²) in [4.78, 5) is 9.21. The Hall–Kier alpha value is -1.61. The van der Waals surface area contributed by atoms with Crippen molar-refractivity contribution in [1.82, 2.24) is 9.97 Å². The van der Waals surface area contributed by atoms with Crippen molar-refractivity contribution >= 4 is 11.6 Å². The largest absolute Gasteiger partial charge is 0.492 e. The van der Waals surface area contributed by atoms with Gasteiger partial charge in [-0.2, -0.15) is 0 Å². The molecule has 1 aromatic carbocycles. The van der Waals surface area contributed by atoms with E-state index >= 15 is 0 Å². The fourth-order valence-electron chi connectivity index (χ4n) is 2.49. The lowest BCUT2D eigenvalue weighted by Gasteiger charge is -2.19. The van der Waals surface area contributed by atoms with Gasteiger partial charge in [0.05, 0.1) is 12.3 Å². The predicted octanol–water partition coefficient (Wildman–Crippen LogP) is 4.34. The van der Waals surface area contributed by atoms with E-state index < -0.39 is 0 Å². The summed E-state index contributed by atoms with van der Waals surface area (Å²) in [5.74, 6) is 1.69. The molecule has 1 aliphatic heterocycles. The van der Waals surface area contributed by atoms with Crippen LogP contribution in [0, 0.1) is 6.92 Å². The number of halogens is 1. The van der Waals surface area contributed by atoms with Crippen LogP contribution in [0.15, 0.2) is 18.2 Å². The molecule has 0 atom stereocenters. The van der Waals surface area contributed by atoms with Gasteiger partial charge in [-0.15, -0.1) is 0 Å². The molecule has 0 bridgehead atoms. The molecule has 3 nitrogen and oxygen atoms in total. The highest BCUT2D eigenvalue weighted by atomic mass is 35.5. The van der Waals surface area contributed by atoms with Crippen LogP contribution in [0.2, 0.25) is 5.15 Å². The molecule has 1 aliphatic rings.